The summed E-state index contributed by atoms with van der Waals surface area (Å²) in [7, 11) is -2.00. The molecule has 0 N–H and O–H groups in total. The van der Waals surface area contributed by atoms with Crippen LogP contribution in [0.4, 0.5) is 5.82 Å². The van der Waals surface area contributed by atoms with Crippen LogP contribution in [0, 0.1) is 6.92 Å². The summed E-state index contributed by atoms with van der Waals surface area (Å²) in [6, 6.07) is 14.4. The molecule has 172 valence electrons. The van der Waals surface area contributed by atoms with E-state index in [0.29, 0.717) is 37.7 Å². The van der Waals surface area contributed by atoms with Crippen molar-refractivity contribution in [2.24, 2.45) is 0 Å². The summed E-state index contributed by atoms with van der Waals surface area (Å²) in [6.07, 6.45) is 0. The number of benzene rings is 2. The van der Waals surface area contributed by atoms with E-state index in [-0.39, 0.29) is 11.7 Å². The van der Waals surface area contributed by atoms with Crippen molar-refractivity contribution in [3.05, 3.63) is 54.1 Å². The molecule has 9 nitrogen and oxygen atoms in total. The van der Waals surface area contributed by atoms with Crippen molar-refractivity contribution in [3.8, 4) is 28.5 Å². The van der Waals surface area contributed by atoms with E-state index in [2.05, 4.69) is 10.2 Å². The van der Waals surface area contributed by atoms with Crippen LogP contribution >= 0.6 is 0 Å². The minimum atomic E-state index is -3.57. The number of hydrogen-bond donors (Lipinski definition) is 0. The minimum absolute atomic E-state index is 0.225. The Kier molecular flexibility index (Phi) is 5.55. The normalized spacial score (nSPS) is 16.1. The average molecular weight is 469 g/mol. The molecule has 5 rings (SSSR count). The maximum absolute atomic E-state index is 13.1. The predicted molar refractivity (Wildman–Crippen MR) is 122 cm³/mol. The molecule has 10 heteroatoms. The van der Waals surface area contributed by atoms with Crippen LogP contribution in [0.2, 0.25) is 0 Å². The molecule has 3 heterocycles. The number of ether oxygens (including phenoxy) is 3. The van der Waals surface area contributed by atoms with Gasteiger partial charge in [0.05, 0.1) is 17.7 Å². The third-order valence-corrected chi connectivity index (χ3v) is 7.78. The molecule has 0 saturated carbocycles. The fourth-order valence-electron chi connectivity index (χ4n) is 4.02. The van der Waals surface area contributed by atoms with E-state index in [9.17, 15) is 8.42 Å². The van der Waals surface area contributed by atoms with Crippen molar-refractivity contribution in [1.82, 2.24) is 14.5 Å². The van der Waals surface area contributed by atoms with Gasteiger partial charge in [0.15, 0.2) is 17.3 Å². The van der Waals surface area contributed by atoms with Gasteiger partial charge in [-0.25, -0.2) is 8.42 Å². The summed E-state index contributed by atoms with van der Waals surface area (Å²) in [6.45, 7) is 3.88. The van der Waals surface area contributed by atoms with E-state index < -0.39 is 10.0 Å². The molecule has 1 fully saturated rings. The first-order chi connectivity index (χ1) is 16.0. The molecule has 0 aliphatic carbocycles. The number of anilines is 1. The van der Waals surface area contributed by atoms with E-state index in [1.165, 1.54) is 4.31 Å². The number of fused-ring (bicyclic) bond motifs is 1. The molecule has 0 atom stereocenters. The van der Waals surface area contributed by atoms with Crippen molar-refractivity contribution in [2.75, 3.05) is 45.0 Å². The molecule has 1 aromatic heterocycles. The number of nitrogens with zero attached hydrogens (tertiary/aromatic N) is 4. The molecule has 3 aromatic rings. The van der Waals surface area contributed by atoms with Gasteiger partial charge in [0.2, 0.25) is 16.8 Å². The highest BCUT2D eigenvalue weighted by atomic mass is 32.2. The highest BCUT2D eigenvalue weighted by Crippen LogP contribution is 2.35. The second-order valence-corrected chi connectivity index (χ2v) is 9.81. The Bertz CT molecular complexity index is 1270. The van der Waals surface area contributed by atoms with Crippen LogP contribution in [0.15, 0.2) is 53.4 Å². The fraction of sp³-hybridized carbons (Fsp3) is 0.304. The molecule has 0 bridgehead atoms. The predicted octanol–water partition coefficient (Wildman–Crippen LogP) is 2.70. The maximum atomic E-state index is 13.1. The Morgan fingerprint density at radius 1 is 0.909 bits per heavy atom. The number of aryl methyl sites for hydroxylation is 1. The first-order valence-electron chi connectivity index (χ1n) is 10.6. The van der Waals surface area contributed by atoms with Gasteiger partial charge in [-0.3, -0.25) is 0 Å². The second kappa shape index (κ2) is 8.53. The largest absolute Gasteiger partial charge is 0.496 e. The third kappa shape index (κ3) is 4.07. The summed E-state index contributed by atoms with van der Waals surface area (Å²) in [5.41, 5.74) is 2.41. The molecule has 0 spiro atoms. The van der Waals surface area contributed by atoms with Gasteiger partial charge in [-0.1, -0.05) is 0 Å². The van der Waals surface area contributed by atoms with E-state index in [4.69, 9.17) is 14.2 Å². The van der Waals surface area contributed by atoms with Crippen LogP contribution < -0.4 is 19.1 Å². The van der Waals surface area contributed by atoms with Crippen molar-refractivity contribution in [1.29, 1.82) is 0 Å². The van der Waals surface area contributed by atoms with Crippen LogP contribution in [0.5, 0.6) is 17.2 Å². The number of sulfonamides is 1. The van der Waals surface area contributed by atoms with E-state index in [0.717, 1.165) is 28.4 Å². The molecular formula is C23H24N4O5S. The van der Waals surface area contributed by atoms with Crippen molar-refractivity contribution in [2.45, 2.75) is 11.8 Å². The summed E-state index contributed by atoms with van der Waals surface area (Å²) in [5.74, 6) is 2.81. The van der Waals surface area contributed by atoms with Gasteiger partial charge in [-0.05, 0) is 61.0 Å². The minimum Gasteiger partial charge on any atom is -0.496 e. The number of aromatic nitrogens is 2. The SMILES string of the molecule is COc1ccc(S(=O)(=O)N2CCN(c3ccc(-c4ccc5c(c4)OCO5)nn3)CC2)cc1C. The van der Waals surface area contributed by atoms with Crippen LogP contribution in [0.1, 0.15) is 5.56 Å². The first-order valence-corrected chi connectivity index (χ1v) is 12.0. The van der Waals surface area contributed by atoms with Gasteiger partial charge >= 0.3 is 0 Å². The molecular weight excluding hydrogens is 444 g/mol. The Balaban J connectivity index is 1.26. The Hall–Kier alpha value is -3.37. The third-order valence-electron chi connectivity index (χ3n) is 5.89. The lowest BCUT2D eigenvalue weighted by Gasteiger charge is -2.34. The number of rotatable bonds is 5. The zero-order valence-electron chi connectivity index (χ0n) is 18.4. The van der Waals surface area contributed by atoms with Crippen LogP contribution in [0.25, 0.3) is 11.3 Å². The topological polar surface area (TPSA) is 94.1 Å². The quantitative estimate of drug-likeness (QED) is 0.564. The Morgan fingerprint density at radius 2 is 1.70 bits per heavy atom. The number of hydrogen-bond acceptors (Lipinski definition) is 8. The van der Waals surface area contributed by atoms with Crippen LogP contribution in [-0.2, 0) is 10.0 Å². The first kappa shape index (κ1) is 21.5. The van der Waals surface area contributed by atoms with E-state index in [1.54, 1.807) is 25.3 Å². The van der Waals surface area contributed by atoms with Crippen molar-refractivity contribution in [3.63, 3.8) is 0 Å². The fourth-order valence-corrected chi connectivity index (χ4v) is 5.53. The van der Waals surface area contributed by atoms with Crippen molar-refractivity contribution < 1.29 is 22.6 Å². The molecule has 2 aliphatic rings. The highest BCUT2D eigenvalue weighted by Gasteiger charge is 2.29. The van der Waals surface area contributed by atoms with Crippen molar-refractivity contribution >= 4 is 15.8 Å². The average Bonchev–Trinajstić information content (AvgIpc) is 3.32. The van der Waals surface area contributed by atoms with Crippen LogP contribution in [0.3, 0.4) is 0 Å². The van der Waals surface area contributed by atoms with Gasteiger partial charge in [0.1, 0.15) is 5.75 Å². The maximum Gasteiger partial charge on any atom is 0.243 e. The molecule has 1 saturated heterocycles. The monoisotopic (exact) mass is 468 g/mol. The van der Waals surface area contributed by atoms with Gasteiger partial charge in [-0.2, -0.15) is 4.31 Å². The number of piperazine rings is 1. The summed E-state index contributed by atoms with van der Waals surface area (Å²) >= 11 is 0. The second-order valence-electron chi connectivity index (χ2n) is 7.87. The van der Waals surface area contributed by atoms with Gasteiger partial charge in [0, 0.05) is 31.7 Å². The van der Waals surface area contributed by atoms with Gasteiger partial charge in [-0.15, -0.1) is 10.2 Å². The molecule has 0 amide bonds. The standard InChI is InChI=1S/C23H24N4O5S/c1-16-13-18(4-7-20(16)30-2)33(28,29)27-11-9-26(10-12-27)23-8-5-19(24-25-23)17-3-6-21-22(14-17)32-15-31-21/h3-8,13-14H,9-12,15H2,1-2H3. The molecule has 2 aromatic carbocycles. The molecule has 0 unspecified atom stereocenters. The highest BCUT2D eigenvalue weighted by molar-refractivity contribution is 7.89. The molecule has 0 radical (unpaired) electrons. The smallest absolute Gasteiger partial charge is 0.243 e. The lowest BCUT2D eigenvalue weighted by molar-refractivity contribution is 0.174. The lowest BCUT2D eigenvalue weighted by Crippen LogP contribution is -2.49. The van der Waals surface area contributed by atoms with E-state index in [1.807, 2.05) is 42.2 Å². The van der Waals surface area contributed by atoms with Gasteiger partial charge in [0.25, 0.3) is 0 Å². The zero-order valence-corrected chi connectivity index (χ0v) is 19.2. The van der Waals surface area contributed by atoms with E-state index >= 15 is 0 Å². The molecule has 2 aliphatic heterocycles. The summed E-state index contributed by atoms with van der Waals surface area (Å²) in [5, 5.41) is 8.73. The number of methoxy groups -OCH3 is 1. The molecule has 33 heavy (non-hydrogen) atoms. The van der Waals surface area contributed by atoms with Gasteiger partial charge < -0.3 is 19.1 Å². The van der Waals surface area contributed by atoms with Crippen LogP contribution in [-0.4, -0.2) is 63.0 Å². The Morgan fingerprint density at radius 3 is 2.39 bits per heavy atom. The summed E-state index contributed by atoms with van der Waals surface area (Å²) < 4.78 is 43.7. The lowest BCUT2D eigenvalue weighted by atomic mass is 10.1. The zero-order chi connectivity index (χ0) is 23.0. The Labute approximate surface area is 192 Å². The summed E-state index contributed by atoms with van der Waals surface area (Å²) in [4.78, 5) is 2.32.